The number of halogens is 1. The lowest BCUT2D eigenvalue weighted by molar-refractivity contribution is -0.119. The normalized spacial score (nSPS) is 10.9. The van der Waals surface area contributed by atoms with Gasteiger partial charge in [-0.1, -0.05) is 25.1 Å². The van der Waals surface area contributed by atoms with Crippen LogP contribution in [0, 0.1) is 5.82 Å². The molecule has 3 nitrogen and oxygen atoms in total. The van der Waals surface area contributed by atoms with Crippen LogP contribution in [0.5, 0.6) is 0 Å². The minimum absolute atomic E-state index is 0.0260. The molecule has 0 N–H and O–H groups in total. The average molecular weight is 253 g/mol. The Bertz CT molecular complexity index is 382. The molecule has 0 amide bonds. The van der Waals surface area contributed by atoms with Crippen LogP contribution in [0.1, 0.15) is 12.5 Å². The van der Waals surface area contributed by atoms with Gasteiger partial charge in [0.2, 0.25) is 0 Å². The first-order chi connectivity index (χ1) is 8.67. The second-order valence-corrected chi connectivity index (χ2v) is 4.17. The molecule has 0 bridgehead atoms. The Hall–Kier alpha value is -1.26. The molecule has 0 fully saturated rings. The van der Waals surface area contributed by atoms with Crippen LogP contribution in [0.4, 0.5) is 4.39 Å². The van der Waals surface area contributed by atoms with Crippen LogP contribution >= 0.6 is 0 Å². The first-order valence-corrected chi connectivity index (χ1v) is 6.13. The summed E-state index contributed by atoms with van der Waals surface area (Å²) in [6.45, 7) is 4.43. The molecule has 1 aromatic carbocycles. The number of hydrogen-bond donors (Lipinski definition) is 0. The van der Waals surface area contributed by atoms with E-state index >= 15 is 0 Å². The summed E-state index contributed by atoms with van der Waals surface area (Å²) >= 11 is 0. The summed E-state index contributed by atoms with van der Waals surface area (Å²) in [5, 5.41) is 0. The topological polar surface area (TPSA) is 29.5 Å². The number of likely N-dealkylation sites (N-methyl/N-ethyl adjacent to an activating group) is 1. The highest BCUT2D eigenvalue weighted by molar-refractivity contribution is 5.82. The maximum absolute atomic E-state index is 13.4. The zero-order valence-corrected chi connectivity index (χ0v) is 11.0. The van der Waals surface area contributed by atoms with Gasteiger partial charge in [-0.05, 0) is 18.2 Å². The number of carbonyl (C=O) groups is 1. The zero-order chi connectivity index (χ0) is 13.4. The highest BCUT2D eigenvalue weighted by atomic mass is 19.1. The largest absolute Gasteiger partial charge is 0.383 e. The van der Waals surface area contributed by atoms with Gasteiger partial charge in [0.25, 0.3) is 0 Å². The lowest BCUT2D eigenvalue weighted by atomic mass is 10.1. The summed E-state index contributed by atoms with van der Waals surface area (Å²) in [5.74, 6) is -0.288. The molecule has 18 heavy (non-hydrogen) atoms. The smallest absolute Gasteiger partial charge is 0.151 e. The summed E-state index contributed by atoms with van der Waals surface area (Å²) in [4.78, 5) is 13.8. The molecule has 0 saturated carbocycles. The van der Waals surface area contributed by atoms with Crippen LogP contribution in [-0.4, -0.2) is 44.0 Å². The van der Waals surface area contributed by atoms with E-state index in [2.05, 4.69) is 0 Å². The maximum atomic E-state index is 13.4. The van der Waals surface area contributed by atoms with E-state index in [0.29, 0.717) is 18.7 Å². The molecule has 0 aliphatic rings. The fourth-order valence-corrected chi connectivity index (χ4v) is 1.73. The van der Waals surface area contributed by atoms with E-state index in [1.165, 1.54) is 6.07 Å². The third-order valence-electron chi connectivity index (χ3n) is 2.80. The van der Waals surface area contributed by atoms with Gasteiger partial charge in [-0.25, -0.2) is 4.39 Å². The van der Waals surface area contributed by atoms with Gasteiger partial charge in [-0.15, -0.1) is 0 Å². The molecule has 0 aromatic heterocycles. The summed E-state index contributed by atoms with van der Waals surface area (Å²) in [6.07, 6.45) is 0.149. The van der Waals surface area contributed by atoms with E-state index in [4.69, 9.17) is 4.74 Å². The molecule has 0 unspecified atom stereocenters. The molecule has 0 aliphatic carbocycles. The van der Waals surface area contributed by atoms with Gasteiger partial charge in [0.1, 0.15) is 5.82 Å². The Labute approximate surface area is 108 Å². The van der Waals surface area contributed by atoms with Gasteiger partial charge < -0.3 is 4.74 Å². The van der Waals surface area contributed by atoms with Crippen LogP contribution in [0.3, 0.4) is 0 Å². The lowest BCUT2D eigenvalue weighted by Gasteiger charge is -2.18. The molecule has 0 saturated heterocycles. The molecule has 0 atom stereocenters. The van der Waals surface area contributed by atoms with E-state index in [1.54, 1.807) is 25.3 Å². The first-order valence-electron chi connectivity index (χ1n) is 6.13. The predicted molar refractivity (Wildman–Crippen MR) is 69.1 cm³/mol. The van der Waals surface area contributed by atoms with E-state index < -0.39 is 0 Å². The van der Waals surface area contributed by atoms with Crippen molar-refractivity contribution in [3.63, 3.8) is 0 Å². The highest BCUT2D eigenvalue weighted by Crippen LogP contribution is 2.07. The average Bonchev–Trinajstić information content (AvgIpc) is 2.37. The molecule has 4 heteroatoms. The van der Waals surface area contributed by atoms with Crippen molar-refractivity contribution < 1.29 is 13.9 Å². The third-order valence-corrected chi connectivity index (χ3v) is 2.80. The van der Waals surface area contributed by atoms with Crippen LogP contribution in [0.25, 0.3) is 0 Å². The Balaban J connectivity index is 2.48. The molecule has 1 rings (SSSR count). The Morgan fingerprint density at radius 2 is 2.11 bits per heavy atom. The SMILES string of the molecule is CCN(CCOC)CC(=O)Cc1ccccc1F. The van der Waals surface area contributed by atoms with E-state index in [-0.39, 0.29) is 18.0 Å². The number of benzene rings is 1. The van der Waals surface area contributed by atoms with E-state index in [1.807, 2.05) is 11.8 Å². The minimum atomic E-state index is -0.314. The second-order valence-electron chi connectivity index (χ2n) is 4.17. The van der Waals surface area contributed by atoms with Gasteiger partial charge in [-0.2, -0.15) is 0 Å². The standard InChI is InChI=1S/C14H20FNO2/c1-3-16(8-9-18-2)11-13(17)10-12-6-4-5-7-14(12)15/h4-7H,3,8-11H2,1-2H3. The van der Waals surface area contributed by atoms with E-state index in [9.17, 15) is 9.18 Å². The van der Waals surface area contributed by atoms with E-state index in [0.717, 1.165) is 13.1 Å². The van der Waals surface area contributed by atoms with Crippen molar-refractivity contribution in [1.29, 1.82) is 0 Å². The Morgan fingerprint density at radius 3 is 2.72 bits per heavy atom. The van der Waals surface area contributed by atoms with Gasteiger partial charge in [-0.3, -0.25) is 9.69 Å². The summed E-state index contributed by atoms with van der Waals surface area (Å²) in [7, 11) is 1.63. The molecule has 0 radical (unpaired) electrons. The number of nitrogens with zero attached hydrogens (tertiary/aromatic N) is 1. The van der Waals surface area contributed by atoms with Gasteiger partial charge in [0.15, 0.2) is 5.78 Å². The first kappa shape index (κ1) is 14.8. The number of methoxy groups -OCH3 is 1. The van der Waals surface area contributed by atoms with Crippen LogP contribution in [-0.2, 0) is 16.0 Å². The van der Waals surface area contributed by atoms with Crippen molar-refractivity contribution in [2.75, 3.05) is 33.4 Å². The predicted octanol–water partition coefficient (Wildman–Crippen LogP) is 1.91. The number of carbonyl (C=O) groups excluding carboxylic acids is 1. The fraction of sp³-hybridized carbons (Fsp3) is 0.500. The Morgan fingerprint density at radius 1 is 1.39 bits per heavy atom. The summed E-state index contributed by atoms with van der Waals surface area (Å²) < 4.78 is 18.4. The van der Waals surface area contributed by atoms with Crippen molar-refractivity contribution in [3.8, 4) is 0 Å². The van der Waals surface area contributed by atoms with Crippen molar-refractivity contribution in [2.24, 2.45) is 0 Å². The van der Waals surface area contributed by atoms with Gasteiger partial charge in [0.05, 0.1) is 13.2 Å². The number of ketones is 1. The van der Waals surface area contributed by atoms with Crippen LogP contribution in [0.15, 0.2) is 24.3 Å². The zero-order valence-electron chi connectivity index (χ0n) is 11.0. The van der Waals surface area contributed by atoms with Crippen molar-refractivity contribution >= 4 is 5.78 Å². The number of ether oxygens (including phenoxy) is 1. The summed E-state index contributed by atoms with van der Waals surface area (Å²) in [6, 6.07) is 6.40. The highest BCUT2D eigenvalue weighted by Gasteiger charge is 2.11. The number of Topliss-reactive ketones (excluding diaryl/α,β-unsaturated/α-hetero) is 1. The molecule has 0 heterocycles. The molecule has 0 spiro atoms. The summed E-state index contributed by atoms with van der Waals surface area (Å²) in [5.41, 5.74) is 0.463. The van der Waals surface area contributed by atoms with Gasteiger partial charge in [0, 0.05) is 20.1 Å². The van der Waals surface area contributed by atoms with Gasteiger partial charge >= 0.3 is 0 Å². The monoisotopic (exact) mass is 253 g/mol. The molecule has 1 aromatic rings. The van der Waals surface area contributed by atoms with Crippen LogP contribution in [0.2, 0.25) is 0 Å². The third kappa shape index (κ3) is 4.94. The fourth-order valence-electron chi connectivity index (χ4n) is 1.73. The number of hydrogen-bond acceptors (Lipinski definition) is 3. The van der Waals surface area contributed by atoms with Crippen molar-refractivity contribution in [2.45, 2.75) is 13.3 Å². The molecular weight excluding hydrogens is 233 g/mol. The quantitative estimate of drug-likeness (QED) is 0.708. The molecular formula is C14H20FNO2. The molecule has 100 valence electrons. The van der Waals surface area contributed by atoms with Crippen LogP contribution < -0.4 is 0 Å². The lowest BCUT2D eigenvalue weighted by Crippen LogP contribution is -2.33. The second kappa shape index (κ2) is 7.95. The Kier molecular flexibility index (Phi) is 6.54. The maximum Gasteiger partial charge on any atom is 0.151 e. The molecule has 0 aliphatic heterocycles. The van der Waals surface area contributed by atoms with Crippen molar-refractivity contribution in [3.05, 3.63) is 35.6 Å². The van der Waals surface area contributed by atoms with Crippen molar-refractivity contribution in [1.82, 2.24) is 4.90 Å². The minimum Gasteiger partial charge on any atom is -0.383 e. The number of rotatable bonds is 8.